The van der Waals surface area contributed by atoms with Crippen LogP contribution >= 0.6 is 0 Å². The van der Waals surface area contributed by atoms with Crippen LogP contribution in [0.1, 0.15) is 24.8 Å². The number of rotatable bonds is 4. The smallest absolute Gasteiger partial charge is 0.169 e. The van der Waals surface area contributed by atoms with Crippen LogP contribution in [0.15, 0.2) is 67.0 Å². The monoisotopic (exact) mass is 439 g/mol. The number of nitrogens with zero attached hydrogens (tertiary/aromatic N) is 6. The number of aromatic nitrogens is 6. The Bertz CT molecular complexity index is 1480. The van der Waals surface area contributed by atoms with Gasteiger partial charge in [-0.25, -0.2) is 19.3 Å². The van der Waals surface area contributed by atoms with Gasteiger partial charge in [0.2, 0.25) is 0 Å². The first-order chi connectivity index (χ1) is 16.0. The number of hydrogen-bond donors (Lipinski definition) is 1. The van der Waals surface area contributed by atoms with E-state index in [1.165, 1.54) is 12.1 Å². The van der Waals surface area contributed by atoms with E-state index in [0.29, 0.717) is 28.4 Å². The highest BCUT2D eigenvalue weighted by Gasteiger charge is 2.34. The lowest BCUT2D eigenvalue weighted by Crippen LogP contribution is -2.43. The molecule has 2 N–H and O–H groups in total. The molecule has 0 unspecified atom stereocenters. The SMILES string of the molecule is Cn1nccc1-c1nc2cnc(-c3cccc(F)c3)nc2n1-c1ccc(C2(N)CCC2)cc1. The number of fused-ring (bicyclic) bond motifs is 1. The first-order valence-corrected chi connectivity index (χ1v) is 10.9. The fourth-order valence-corrected chi connectivity index (χ4v) is 4.44. The van der Waals surface area contributed by atoms with E-state index in [1.807, 2.05) is 29.8 Å². The van der Waals surface area contributed by atoms with Crippen LogP contribution in [-0.2, 0) is 12.6 Å². The van der Waals surface area contributed by atoms with Crippen molar-refractivity contribution in [2.24, 2.45) is 12.8 Å². The quantitative estimate of drug-likeness (QED) is 0.450. The van der Waals surface area contributed by atoms with Crippen LogP contribution in [0.25, 0.3) is 39.8 Å². The van der Waals surface area contributed by atoms with Crippen LogP contribution in [0.4, 0.5) is 4.39 Å². The molecule has 6 rings (SSSR count). The van der Waals surface area contributed by atoms with Crippen LogP contribution in [0.3, 0.4) is 0 Å². The Balaban J connectivity index is 1.55. The molecule has 1 aliphatic rings. The Morgan fingerprint density at radius 2 is 1.85 bits per heavy atom. The fourth-order valence-electron chi connectivity index (χ4n) is 4.44. The van der Waals surface area contributed by atoms with Crippen LogP contribution in [-0.4, -0.2) is 29.3 Å². The van der Waals surface area contributed by atoms with Crippen molar-refractivity contribution in [1.82, 2.24) is 29.3 Å². The second-order valence-corrected chi connectivity index (χ2v) is 8.58. The van der Waals surface area contributed by atoms with Crippen LogP contribution in [0.5, 0.6) is 0 Å². The summed E-state index contributed by atoms with van der Waals surface area (Å²) in [4.78, 5) is 14.1. The third kappa shape index (κ3) is 3.22. The van der Waals surface area contributed by atoms with E-state index < -0.39 is 0 Å². The van der Waals surface area contributed by atoms with E-state index in [1.54, 1.807) is 29.2 Å². The minimum absolute atomic E-state index is 0.229. The molecule has 3 aromatic heterocycles. The summed E-state index contributed by atoms with van der Waals surface area (Å²) in [5, 5.41) is 4.31. The lowest BCUT2D eigenvalue weighted by Gasteiger charge is -2.38. The Morgan fingerprint density at radius 1 is 1.03 bits per heavy atom. The molecule has 0 aliphatic heterocycles. The van der Waals surface area contributed by atoms with Crippen molar-refractivity contribution in [2.75, 3.05) is 0 Å². The summed E-state index contributed by atoms with van der Waals surface area (Å²) >= 11 is 0. The molecular formula is C25H22FN7. The Labute approximate surface area is 189 Å². The maximum Gasteiger partial charge on any atom is 0.169 e. The zero-order valence-electron chi connectivity index (χ0n) is 18.1. The number of benzene rings is 2. The van der Waals surface area contributed by atoms with E-state index in [4.69, 9.17) is 15.7 Å². The zero-order chi connectivity index (χ0) is 22.6. The molecule has 0 atom stereocenters. The topological polar surface area (TPSA) is 87.4 Å². The number of hydrogen-bond acceptors (Lipinski definition) is 5. The number of halogens is 1. The summed E-state index contributed by atoms with van der Waals surface area (Å²) in [6.07, 6.45) is 6.59. The van der Waals surface area contributed by atoms with Crippen LogP contribution in [0.2, 0.25) is 0 Å². The number of nitrogens with two attached hydrogens (primary N) is 1. The van der Waals surface area contributed by atoms with Gasteiger partial charge in [0.1, 0.15) is 17.0 Å². The fraction of sp³-hybridized carbons (Fsp3) is 0.200. The molecule has 5 aromatic rings. The summed E-state index contributed by atoms with van der Waals surface area (Å²) in [7, 11) is 1.88. The molecule has 0 spiro atoms. The van der Waals surface area contributed by atoms with E-state index in [9.17, 15) is 4.39 Å². The second-order valence-electron chi connectivity index (χ2n) is 8.58. The van der Waals surface area contributed by atoms with Crippen molar-refractivity contribution in [2.45, 2.75) is 24.8 Å². The molecule has 2 aromatic carbocycles. The highest BCUT2D eigenvalue weighted by Crippen LogP contribution is 2.39. The Kier molecular flexibility index (Phi) is 4.38. The molecule has 1 aliphatic carbocycles. The molecular weight excluding hydrogens is 417 g/mol. The third-order valence-electron chi connectivity index (χ3n) is 6.48. The molecule has 8 heteroatoms. The molecule has 1 saturated carbocycles. The molecule has 0 bridgehead atoms. The molecule has 33 heavy (non-hydrogen) atoms. The lowest BCUT2D eigenvalue weighted by molar-refractivity contribution is 0.253. The van der Waals surface area contributed by atoms with Crippen molar-refractivity contribution in [3.8, 4) is 28.6 Å². The Hall–Kier alpha value is -3.91. The van der Waals surface area contributed by atoms with Crippen molar-refractivity contribution in [3.63, 3.8) is 0 Å². The second kappa shape index (κ2) is 7.31. The van der Waals surface area contributed by atoms with Crippen LogP contribution in [0, 0.1) is 5.82 Å². The summed E-state index contributed by atoms with van der Waals surface area (Å²) in [6.45, 7) is 0. The van der Waals surface area contributed by atoms with Gasteiger partial charge in [0, 0.05) is 30.0 Å². The summed E-state index contributed by atoms with van der Waals surface area (Å²) in [5.41, 5.74) is 11.1. The summed E-state index contributed by atoms with van der Waals surface area (Å²) < 4.78 is 17.6. The summed E-state index contributed by atoms with van der Waals surface area (Å²) in [6, 6.07) is 16.5. The molecule has 164 valence electrons. The van der Waals surface area contributed by atoms with Gasteiger partial charge in [0.25, 0.3) is 0 Å². The van der Waals surface area contributed by atoms with Gasteiger partial charge in [0.15, 0.2) is 17.3 Å². The zero-order valence-corrected chi connectivity index (χ0v) is 18.1. The van der Waals surface area contributed by atoms with Crippen molar-refractivity contribution in [1.29, 1.82) is 0 Å². The van der Waals surface area contributed by atoms with Gasteiger partial charge in [-0.15, -0.1) is 0 Å². The van der Waals surface area contributed by atoms with E-state index >= 15 is 0 Å². The minimum Gasteiger partial charge on any atom is -0.321 e. The predicted octanol–water partition coefficient (Wildman–Crippen LogP) is 4.36. The van der Waals surface area contributed by atoms with E-state index in [0.717, 1.165) is 36.2 Å². The largest absolute Gasteiger partial charge is 0.321 e. The molecule has 0 saturated heterocycles. The average Bonchev–Trinajstić information content (AvgIpc) is 3.40. The average molecular weight is 439 g/mol. The Morgan fingerprint density at radius 3 is 2.52 bits per heavy atom. The van der Waals surface area contributed by atoms with Gasteiger partial charge < -0.3 is 5.73 Å². The van der Waals surface area contributed by atoms with Gasteiger partial charge in [-0.3, -0.25) is 9.25 Å². The first kappa shape index (κ1) is 19.8. The maximum atomic E-state index is 13.8. The third-order valence-corrected chi connectivity index (χ3v) is 6.48. The predicted molar refractivity (Wildman–Crippen MR) is 124 cm³/mol. The lowest BCUT2D eigenvalue weighted by atomic mass is 9.73. The first-order valence-electron chi connectivity index (χ1n) is 10.9. The van der Waals surface area contributed by atoms with E-state index in [2.05, 4.69) is 22.2 Å². The van der Waals surface area contributed by atoms with Crippen LogP contribution < -0.4 is 5.73 Å². The molecule has 0 amide bonds. The summed E-state index contributed by atoms with van der Waals surface area (Å²) in [5.74, 6) is 0.809. The maximum absolute atomic E-state index is 13.8. The standard InChI is InChI=1S/C25H22FN7/c1-32-21(10-13-29-32)24-30-20-15-28-22(16-4-2-5-18(26)14-16)31-23(20)33(24)19-8-6-17(7-9-19)25(27)11-3-12-25/h2,4-10,13-15H,3,11-12,27H2,1H3. The van der Waals surface area contributed by atoms with Gasteiger partial charge in [-0.2, -0.15) is 5.10 Å². The van der Waals surface area contributed by atoms with Gasteiger partial charge in [-0.1, -0.05) is 24.3 Å². The molecule has 7 nitrogen and oxygen atoms in total. The molecule has 1 fully saturated rings. The van der Waals surface area contributed by atoms with Crippen molar-refractivity contribution >= 4 is 11.2 Å². The van der Waals surface area contributed by atoms with Gasteiger partial charge in [0.05, 0.1) is 6.20 Å². The number of aryl methyl sites for hydroxylation is 1. The number of imidazole rings is 1. The highest BCUT2D eigenvalue weighted by molar-refractivity contribution is 5.80. The van der Waals surface area contributed by atoms with E-state index in [-0.39, 0.29) is 11.4 Å². The van der Waals surface area contributed by atoms with Gasteiger partial charge >= 0.3 is 0 Å². The molecule has 3 heterocycles. The molecule has 0 radical (unpaired) electrons. The van der Waals surface area contributed by atoms with Gasteiger partial charge in [-0.05, 0) is 55.2 Å². The minimum atomic E-state index is -0.331. The van der Waals surface area contributed by atoms with Crippen molar-refractivity contribution < 1.29 is 4.39 Å². The van der Waals surface area contributed by atoms with Crippen molar-refractivity contribution in [3.05, 3.63) is 78.4 Å². The normalized spacial score (nSPS) is 15.0. The highest BCUT2D eigenvalue weighted by atomic mass is 19.1.